The number of ether oxygens (including phenoxy) is 2. The summed E-state index contributed by atoms with van der Waals surface area (Å²) in [5.74, 6) is 1.18. The number of anilines is 1. The van der Waals surface area contributed by atoms with Crippen molar-refractivity contribution in [3.05, 3.63) is 16.3 Å². The van der Waals surface area contributed by atoms with Crippen LogP contribution in [0.1, 0.15) is 34.9 Å². The van der Waals surface area contributed by atoms with Crippen LogP contribution in [0.25, 0.3) is 10.2 Å². The lowest BCUT2D eigenvalue weighted by molar-refractivity contribution is 0.0531. The molecule has 3 aromatic rings. The van der Waals surface area contributed by atoms with Crippen molar-refractivity contribution in [2.24, 2.45) is 0 Å². The molecular formula is C19H24N6O3S2. The smallest absolute Gasteiger partial charge is 0.348 e. The second-order valence-corrected chi connectivity index (χ2v) is 8.72. The van der Waals surface area contributed by atoms with Crippen molar-refractivity contribution in [1.82, 2.24) is 24.7 Å². The summed E-state index contributed by atoms with van der Waals surface area (Å²) in [7, 11) is 0. The topological polar surface area (TPSA) is 95.3 Å². The van der Waals surface area contributed by atoms with Gasteiger partial charge < -0.3 is 14.4 Å². The van der Waals surface area contributed by atoms with Gasteiger partial charge in [0.15, 0.2) is 5.16 Å². The van der Waals surface area contributed by atoms with E-state index in [2.05, 4.69) is 36.6 Å². The second kappa shape index (κ2) is 8.86. The van der Waals surface area contributed by atoms with Gasteiger partial charge in [-0.1, -0.05) is 0 Å². The number of nitrogens with zero attached hydrogens (tertiary/aromatic N) is 6. The Morgan fingerprint density at radius 1 is 1.20 bits per heavy atom. The summed E-state index contributed by atoms with van der Waals surface area (Å²) in [6, 6.07) is 0. The zero-order valence-electron chi connectivity index (χ0n) is 17.5. The Hall–Kier alpha value is -2.24. The number of aryl methyl sites for hydroxylation is 2. The number of thiophene rings is 1. The molecule has 160 valence electrons. The molecule has 4 rings (SSSR count). The van der Waals surface area contributed by atoms with Gasteiger partial charge in [0.05, 0.1) is 19.8 Å². The molecule has 1 saturated heterocycles. The lowest BCUT2D eigenvalue weighted by Crippen LogP contribution is -2.38. The third-order valence-electron chi connectivity index (χ3n) is 4.83. The zero-order chi connectivity index (χ0) is 21.3. The molecule has 30 heavy (non-hydrogen) atoms. The molecule has 0 amide bonds. The SMILES string of the molecule is CCOC(=O)c1sc2nc(C)nc(Sc3nnc(N4CCOCC4)n3CC)c2c1C. The third kappa shape index (κ3) is 3.88. The summed E-state index contributed by atoms with van der Waals surface area (Å²) in [6.45, 7) is 11.7. The normalized spacial score (nSPS) is 14.5. The van der Waals surface area contributed by atoms with Crippen molar-refractivity contribution < 1.29 is 14.3 Å². The number of fused-ring (bicyclic) bond motifs is 1. The molecule has 0 spiro atoms. The first-order valence-corrected chi connectivity index (χ1v) is 11.5. The predicted octanol–water partition coefficient (Wildman–Crippen LogP) is 3.08. The highest BCUT2D eigenvalue weighted by Gasteiger charge is 2.24. The standard InChI is InChI=1S/C19H24N6O3S2/c1-5-25-18(24-7-9-27-10-8-24)22-23-19(25)30-16-13-11(3)14(17(26)28-6-2)29-15(13)20-12(4)21-16/h5-10H2,1-4H3. The number of carbonyl (C=O) groups excluding carboxylic acids is 1. The summed E-state index contributed by atoms with van der Waals surface area (Å²) >= 11 is 2.80. The molecule has 9 nitrogen and oxygen atoms in total. The van der Waals surface area contributed by atoms with Gasteiger partial charge in [-0.2, -0.15) is 0 Å². The molecule has 1 aliphatic rings. The van der Waals surface area contributed by atoms with Gasteiger partial charge in [0.1, 0.15) is 20.6 Å². The largest absolute Gasteiger partial charge is 0.462 e. The van der Waals surface area contributed by atoms with Gasteiger partial charge in [-0.15, -0.1) is 21.5 Å². The van der Waals surface area contributed by atoms with Crippen LogP contribution in [0.4, 0.5) is 5.95 Å². The van der Waals surface area contributed by atoms with E-state index in [1.54, 1.807) is 6.92 Å². The van der Waals surface area contributed by atoms with Crippen LogP contribution in [0, 0.1) is 13.8 Å². The molecule has 0 N–H and O–H groups in total. The molecule has 0 radical (unpaired) electrons. The maximum Gasteiger partial charge on any atom is 0.348 e. The van der Waals surface area contributed by atoms with Crippen LogP contribution in [0.2, 0.25) is 0 Å². The lowest BCUT2D eigenvalue weighted by Gasteiger charge is -2.27. The zero-order valence-corrected chi connectivity index (χ0v) is 19.1. The van der Waals surface area contributed by atoms with E-state index >= 15 is 0 Å². The molecule has 0 aliphatic carbocycles. The van der Waals surface area contributed by atoms with E-state index in [1.807, 2.05) is 13.8 Å². The fourth-order valence-electron chi connectivity index (χ4n) is 3.39. The maximum absolute atomic E-state index is 12.4. The molecule has 0 aromatic carbocycles. The van der Waals surface area contributed by atoms with E-state index in [4.69, 9.17) is 9.47 Å². The fraction of sp³-hybridized carbons (Fsp3) is 0.526. The van der Waals surface area contributed by atoms with Gasteiger partial charge in [0.25, 0.3) is 0 Å². The number of rotatable bonds is 6. The van der Waals surface area contributed by atoms with Crippen LogP contribution in [0.3, 0.4) is 0 Å². The number of morpholine rings is 1. The van der Waals surface area contributed by atoms with Crippen LogP contribution < -0.4 is 4.90 Å². The molecule has 3 aromatic heterocycles. The molecular weight excluding hydrogens is 424 g/mol. The van der Waals surface area contributed by atoms with Gasteiger partial charge in [0.2, 0.25) is 5.95 Å². The summed E-state index contributed by atoms with van der Waals surface area (Å²) in [6.07, 6.45) is 0. The quantitative estimate of drug-likeness (QED) is 0.416. The van der Waals surface area contributed by atoms with Crippen LogP contribution in [0.15, 0.2) is 10.2 Å². The van der Waals surface area contributed by atoms with E-state index in [0.29, 0.717) is 30.5 Å². The average molecular weight is 449 g/mol. The van der Waals surface area contributed by atoms with Gasteiger partial charge in [-0.05, 0) is 45.0 Å². The monoisotopic (exact) mass is 448 g/mol. The molecule has 0 atom stereocenters. The molecule has 0 unspecified atom stereocenters. The Morgan fingerprint density at radius 3 is 2.67 bits per heavy atom. The summed E-state index contributed by atoms with van der Waals surface area (Å²) in [5.41, 5.74) is 0.840. The minimum Gasteiger partial charge on any atom is -0.462 e. The van der Waals surface area contributed by atoms with Crippen molar-refractivity contribution >= 4 is 45.2 Å². The van der Waals surface area contributed by atoms with Crippen molar-refractivity contribution in [3.8, 4) is 0 Å². The van der Waals surface area contributed by atoms with Crippen LogP contribution in [-0.2, 0) is 16.0 Å². The van der Waals surface area contributed by atoms with Gasteiger partial charge in [-0.25, -0.2) is 14.8 Å². The minimum absolute atomic E-state index is 0.321. The van der Waals surface area contributed by atoms with E-state index in [0.717, 1.165) is 51.5 Å². The molecule has 0 bridgehead atoms. The Kier molecular flexibility index (Phi) is 6.21. The van der Waals surface area contributed by atoms with Crippen LogP contribution in [-0.4, -0.2) is 63.6 Å². The Bertz CT molecular complexity index is 1070. The number of hydrogen-bond acceptors (Lipinski definition) is 10. The summed E-state index contributed by atoms with van der Waals surface area (Å²) in [5, 5.41) is 11.3. The number of hydrogen-bond donors (Lipinski definition) is 0. The minimum atomic E-state index is -0.321. The number of carbonyl (C=O) groups is 1. The van der Waals surface area contributed by atoms with E-state index in [-0.39, 0.29) is 5.97 Å². The van der Waals surface area contributed by atoms with Crippen LogP contribution in [0.5, 0.6) is 0 Å². The van der Waals surface area contributed by atoms with Gasteiger partial charge >= 0.3 is 5.97 Å². The Balaban J connectivity index is 1.73. The summed E-state index contributed by atoms with van der Waals surface area (Å²) in [4.78, 5) is 25.1. The molecule has 11 heteroatoms. The highest BCUT2D eigenvalue weighted by atomic mass is 32.2. The first-order valence-electron chi connectivity index (χ1n) is 9.92. The second-order valence-electron chi connectivity index (χ2n) is 6.76. The van der Waals surface area contributed by atoms with Crippen molar-refractivity contribution in [3.63, 3.8) is 0 Å². The first kappa shape index (κ1) is 21.0. The summed E-state index contributed by atoms with van der Waals surface area (Å²) < 4.78 is 12.8. The Labute approximate surface area is 182 Å². The van der Waals surface area contributed by atoms with E-state index < -0.39 is 0 Å². The predicted molar refractivity (Wildman–Crippen MR) is 116 cm³/mol. The number of esters is 1. The maximum atomic E-state index is 12.4. The average Bonchev–Trinajstić information content (AvgIpc) is 3.29. The highest BCUT2D eigenvalue weighted by molar-refractivity contribution is 7.99. The fourth-order valence-corrected chi connectivity index (χ4v) is 5.68. The van der Waals surface area contributed by atoms with Crippen molar-refractivity contribution in [1.29, 1.82) is 0 Å². The van der Waals surface area contributed by atoms with Crippen molar-refractivity contribution in [2.45, 2.75) is 44.4 Å². The number of aromatic nitrogens is 5. The first-order chi connectivity index (χ1) is 14.5. The van der Waals surface area contributed by atoms with E-state index in [9.17, 15) is 4.79 Å². The molecule has 4 heterocycles. The van der Waals surface area contributed by atoms with Crippen LogP contribution >= 0.6 is 23.1 Å². The third-order valence-corrected chi connectivity index (χ3v) is 6.96. The molecule has 1 aliphatic heterocycles. The van der Waals surface area contributed by atoms with Gasteiger partial charge in [-0.3, -0.25) is 4.57 Å². The molecule has 0 saturated carbocycles. The lowest BCUT2D eigenvalue weighted by atomic mass is 10.2. The van der Waals surface area contributed by atoms with Gasteiger partial charge in [0, 0.05) is 25.0 Å². The Morgan fingerprint density at radius 2 is 1.97 bits per heavy atom. The van der Waals surface area contributed by atoms with Crippen molar-refractivity contribution in [2.75, 3.05) is 37.8 Å². The van der Waals surface area contributed by atoms with E-state index in [1.165, 1.54) is 23.1 Å². The molecule has 1 fully saturated rings. The highest BCUT2D eigenvalue weighted by Crippen LogP contribution is 2.38.